The van der Waals surface area contributed by atoms with Crippen molar-refractivity contribution in [2.75, 3.05) is 0 Å². The van der Waals surface area contributed by atoms with Gasteiger partial charge in [0, 0.05) is 11.1 Å². The Kier molecular flexibility index (Phi) is 6.76. The van der Waals surface area contributed by atoms with Gasteiger partial charge in [0.25, 0.3) is 0 Å². The van der Waals surface area contributed by atoms with E-state index >= 15 is 0 Å². The van der Waals surface area contributed by atoms with Crippen LogP contribution in [0, 0.1) is 11.6 Å². The third kappa shape index (κ3) is 4.82. The van der Waals surface area contributed by atoms with Crippen LogP contribution in [-0.4, -0.2) is 6.17 Å². The molecule has 0 aromatic heterocycles. The molecule has 0 heterocycles. The van der Waals surface area contributed by atoms with Crippen LogP contribution in [0.3, 0.4) is 0 Å². The van der Waals surface area contributed by atoms with Crippen molar-refractivity contribution in [3.63, 3.8) is 0 Å². The predicted octanol–water partition coefficient (Wildman–Crippen LogP) is 7.83. The summed E-state index contributed by atoms with van der Waals surface area (Å²) in [5.41, 5.74) is 2.38. The van der Waals surface area contributed by atoms with E-state index in [2.05, 4.69) is 6.92 Å². The molecule has 1 aliphatic rings. The average Bonchev–Trinajstić information content (AvgIpc) is 2.69. The fraction of sp³-hybridized carbons (Fsp3) is 0.417. The normalized spacial score (nSPS) is 20.3. The second-order valence-corrected chi connectivity index (χ2v) is 7.45. The molecule has 27 heavy (non-hydrogen) atoms. The van der Waals surface area contributed by atoms with Crippen molar-refractivity contribution in [3.05, 3.63) is 65.2 Å². The molecule has 0 nitrogen and oxygen atoms in total. The molecular weight excluding hydrogens is 345 g/mol. The number of hydrogen-bond donors (Lipinski definition) is 0. The first-order valence-electron chi connectivity index (χ1n) is 9.99. The highest BCUT2D eigenvalue weighted by atomic mass is 19.2. The van der Waals surface area contributed by atoms with Crippen LogP contribution in [0.4, 0.5) is 13.2 Å². The Morgan fingerprint density at radius 3 is 2.30 bits per heavy atom. The Hall–Kier alpha value is -2.03. The molecule has 0 N–H and O–H groups in total. The fourth-order valence-corrected chi connectivity index (χ4v) is 3.77. The number of allylic oxidation sites excluding steroid dienone is 1. The third-order valence-corrected chi connectivity index (χ3v) is 5.48. The second-order valence-electron chi connectivity index (χ2n) is 7.45. The lowest BCUT2D eigenvalue weighted by Crippen LogP contribution is -2.13. The summed E-state index contributed by atoms with van der Waals surface area (Å²) in [7, 11) is 0. The van der Waals surface area contributed by atoms with Crippen molar-refractivity contribution in [2.45, 2.75) is 64.0 Å². The maximum atomic E-state index is 14.6. The number of alkyl halides is 1. The molecule has 0 bridgehead atoms. The molecule has 2 aromatic carbocycles. The quantitative estimate of drug-likeness (QED) is 0.453. The second kappa shape index (κ2) is 9.25. The number of hydrogen-bond acceptors (Lipinski definition) is 0. The monoisotopic (exact) mass is 372 g/mol. The summed E-state index contributed by atoms with van der Waals surface area (Å²) in [5, 5.41) is 0. The van der Waals surface area contributed by atoms with Crippen LogP contribution in [0.25, 0.3) is 17.2 Å². The van der Waals surface area contributed by atoms with Crippen molar-refractivity contribution < 1.29 is 13.2 Å². The molecule has 0 atom stereocenters. The minimum Gasteiger partial charge on any atom is -0.247 e. The van der Waals surface area contributed by atoms with Crippen molar-refractivity contribution in [1.29, 1.82) is 0 Å². The van der Waals surface area contributed by atoms with Gasteiger partial charge in [0.15, 0.2) is 11.6 Å². The van der Waals surface area contributed by atoms with Crippen molar-refractivity contribution in [3.8, 4) is 11.1 Å². The Bertz CT molecular complexity index is 769. The van der Waals surface area contributed by atoms with E-state index in [9.17, 15) is 13.2 Å². The Morgan fingerprint density at radius 1 is 0.926 bits per heavy atom. The van der Waals surface area contributed by atoms with Crippen molar-refractivity contribution in [2.24, 2.45) is 0 Å². The first-order chi connectivity index (χ1) is 13.1. The fourth-order valence-electron chi connectivity index (χ4n) is 3.77. The molecule has 1 saturated carbocycles. The van der Waals surface area contributed by atoms with Crippen LogP contribution in [0.15, 0.2) is 42.5 Å². The summed E-state index contributed by atoms with van der Waals surface area (Å²) in [5.74, 6) is -1.24. The molecule has 144 valence electrons. The number of unbranched alkanes of at least 4 members (excludes halogenated alkanes) is 2. The minimum absolute atomic E-state index is 0.275. The topological polar surface area (TPSA) is 0 Å². The predicted molar refractivity (Wildman–Crippen MR) is 106 cm³/mol. The lowest BCUT2D eigenvalue weighted by atomic mass is 9.83. The molecule has 0 radical (unpaired) electrons. The van der Waals surface area contributed by atoms with Crippen LogP contribution in [-0.2, 0) is 0 Å². The number of benzene rings is 2. The van der Waals surface area contributed by atoms with Crippen molar-refractivity contribution in [1.82, 2.24) is 0 Å². The van der Waals surface area contributed by atoms with Gasteiger partial charge in [-0.1, -0.05) is 68.3 Å². The average molecular weight is 372 g/mol. The zero-order chi connectivity index (χ0) is 19.2. The van der Waals surface area contributed by atoms with Crippen LogP contribution in [0.2, 0.25) is 0 Å². The van der Waals surface area contributed by atoms with E-state index in [4.69, 9.17) is 0 Å². The molecule has 2 aromatic rings. The maximum Gasteiger partial charge on any atom is 0.167 e. The number of rotatable bonds is 6. The van der Waals surface area contributed by atoms with E-state index < -0.39 is 17.8 Å². The van der Waals surface area contributed by atoms with Gasteiger partial charge in [0.1, 0.15) is 6.17 Å². The molecule has 0 aliphatic heterocycles. The SMILES string of the molecule is CCCC/C=C/c1ccc(-c2ccc(C3CCC(F)CC3)cc2)c(F)c1F. The molecule has 0 unspecified atom stereocenters. The smallest absolute Gasteiger partial charge is 0.167 e. The zero-order valence-corrected chi connectivity index (χ0v) is 15.9. The van der Waals surface area contributed by atoms with Gasteiger partial charge in [0.2, 0.25) is 0 Å². The Labute approximate surface area is 160 Å². The highest BCUT2D eigenvalue weighted by Gasteiger charge is 2.22. The van der Waals surface area contributed by atoms with Gasteiger partial charge < -0.3 is 0 Å². The van der Waals surface area contributed by atoms with E-state index in [0.717, 1.165) is 37.7 Å². The van der Waals surface area contributed by atoms with Gasteiger partial charge in [-0.2, -0.15) is 0 Å². The summed E-state index contributed by atoms with van der Waals surface area (Å²) in [6.45, 7) is 2.10. The molecule has 1 aliphatic carbocycles. The van der Waals surface area contributed by atoms with E-state index in [0.29, 0.717) is 24.3 Å². The molecule has 0 saturated heterocycles. The maximum absolute atomic E-state index is 14.6. The Morgan fingerprint density at radius 2 is 1.63 bits per heavy atom. The van der Waals surface area contributed by atoms with Crippen LogP contribution in [0.5, 0.6) is 0 Å². The largest absolute Gasteiger partial charge is 0.247 e. The van der Waals surface area contributed by atoms with Gasteiger partial charge in [-0.25, -0.2) is 13.2 Å². The van der Waals surface area contributed by atoms with E-state index in [-0.39, 0.29) is 11.1 Å². The molecule has 0 amide bonds. The van der Waals surface area contributed by atoms with Gasteiger partial charge in [-0.05, 0) is 49.1 Å². The minimum atomic E-state index is -0.807. The summed E-state index contributed by atoms with van der Waals surface area (Å²) in [6.07, 6.45) is 8.77. The summed E-state index contributed by atoms with van der Waals surface area (Å²) >= 11 is 0. The lowest BCUT2D eigenvalue weighted by Gasteiger charge is -2.24. The van der Waals surface area contributed by atoms with Gasteiger partial charge in [-0.3, -0.25) is 0 Å². The molecule has 0 spiro atoms. The summed E-state index contributed by atoms with van der Waals surface area (Å²) in [4.78, 5) is 0. The van der Waals surface area contributed by atoms with Gasteiger partial charge in [0.05, 0.1) is 0 Å². The summed E-state index contributed by atoms with van der Waals surface area (Å²) < 4.78 is 42.3. The first kappa shape index (κ1) is 19.7. The van der Waals surface area contributed by atoms with Crippen LogP contribution in [0.1, 0.15) is 68.9 Å². The standard InChI is InChI=1S/C24H27F3/c1-2-3-4-5-6-20-13-16-22(24(27)23(20)26)19-9-7-17(8-10-19)18-11-14-21(25)15-12-18/h5-10,13,16,18,21H,2-4,11-12,14-15H2,1H3/b6-5+. The zero-order valence-electron chi connectivity index (χ0n) is 15.9. The van der Waals surface area contributed by atoms with E-state index in [1.165, 1.54) is 0 Å². The summed E-state index contributed by atoms with van der Waals surface area (Å²) in [6, 6.07) is 10.9. The van der Waals surface area contributed by atoms with E-state index in [1.54, 1.807) is 18.2 Å². The molecule has 3 rings (SSSR count). The number of halogens is 3. The molecule has 3 heteroatoms. The van der Waals surface area contributed by atoms with Crippen LogP contribution < -0.4 is 0 Å². The van der Waals surface area contributed by atoms with Gasteiger partial charge >= 0.3 is 0 Å². The molecular formula is C24H27F3. The first-order valence-corrected chi connectivity index (χ1v) is 9.99. The van der Waals surface area contributed by atoms with Crippen molar-refractivity contribution >= 4 is 6.08 Å². The highest BCUT2D eigenvalue weighted by Crippen LogP contribution is 2.35. The lowest BCUT2D eigenvalue weighted by molar-refractivity contribution is 0.235. The highest BCUT2D eigenvalue weighted by molar-refractivity contribution is 5.67. The molecule has 1 fully saturated rings. The van der Waals surface area contributed by atoms with Gasteiger partial charge in [-0.15, -0.1) is 0 Å². The van der Waals surface area contributed by atoms with E-state index in [1.807, 2.05) is 30.3 Å². The Balaban J connectivity index is 1.76. The third-order valence-electron chi connectivity index (χ3n) is 5.48. The van der Waals surface area contributed by atoms with Crippen LogP contribution >= 0.6 is 0 Å².